The van der Waals surface area contributed by atoms with Gasteiger partial charge >= 0.3 is 5.97 Å². The average Bonchev–Trinajstić information content (AvgIpc) is 3.38. The van der Waals surface area contributed by atoms with Gasteiger partial charge in [-0.1, -0.05) is 6.92 Å². The SMILES string of the molecule is CCC(=O)N1CCN(C)C1.CN1CCN(CC(=O)O)C1.CN1CCN(CCO)C1.O. The molecular weight excluding hydrogens is 392 g/mol. The molecule has 3 heterocycles. The molecule has 0 saturated carbocycles. The number of rotatable bonds is 5. The molecule has 4 N–H and O–H groups in total. The third-order valence-electron chi connectivity index (χ3n) is 5.07. The third kappa shape index (κ3) is 11.7. The molecule has 0 bridgehead atoms. The van der Waals surface area contributed by atoms with Gasteiger partial charge in [0.1, 0.15) is 0 Å². The fraction of sp³-hybridized carbons (Fsp3) is 0.895. The molecule has 0 unspecified atom stereocenters. The second-order valence-electron chi connectivity index (χ2n) is 7.96. The lowest BCUT2D eigenvalue weighted by Crippen LogP contribution is -2.29. The lowest BCUT2D eigenvalue weighted by atomic mass is 10.4. The Labute approximate surface area is 180 Å². The van der Waals surface area contributed by atoms with Gasteiger partial charge in [-0.15, -0.1) is 0 Å². The Balaban J connectivity index is 0.000000414. The third-order valence-corrected chi connectivity index (χ3v) is 5.07. The van der Waals surface area contributed by atoms with Crippen molar-refractivity contribution in [2.75, 3.05) is 100 Å². The van der Waals surface area contributed by atoms with Gasteiger partial charge in [-0.05, 0) is 21.1 Å². The van der Waals surface area contributed by atoms with Crippen molar-refractivity contribution in [1.29, 1.82) is 0 Å². The molecule has 3 aliphatic heterocycles. The van der Waals surface area contributed by atoms with Crippen LogP contribution in [-0.2, 0) is 9.59 Å². The van der Waals surface area contributed by atoms with E-state index in [4.69, 9.17) is 10.2 Å². The van der Waals surface area contributed by atoms with Gasteiger partial charge in [0, 0.05) is 52.2 Å². The van der Waals surface area contributed by atoms with Crippen molar-refractivity contribution in [3.63, 3.8) is 0 Å². The highest BCUT2D eigenvalue weighted by atomic mass is 16.4. The van der Waals surface area contributed by atoms with Crippen LogP contribution in [-0.4, -0.2) is 157 Å². The number of nitrogens with zero attached hydrogens (tertiary/aromatic N) is 6. The molecule has 0 aromatic carbocycles. The zero-order chi connectivity index (χ0) is 21.8. The number of carboxylic acid groups (broad SMARTS) is 1. The summed E-state index contributed by atoms with van der Waals surface area (Å²) in [6.45, 7) is 11.8. The van der Waals surface area contributed by atoms with Gasteiger partial charge < -0.3 is 20.6 Å². The van der Waals surface area contributed by atoms with E-state index >= 15 is 0 Å². The number of carbonyl (C=O) groups is 2. The minimum atomic E-state index is -0.740. The molecule has 11 heteroatoms. The molecule has 0 aliphatic carbocycles. The number of hydrogen-bond acceptors (Lipinski definition) is 8. The number of carbonyl (C=O) groups excluding carboxylic acids is 1. The summed E-state index contributed by atoms with van der Waals surface area (Å²) in [5.41, 5.74) is 0. The quantitative estimate of drug-likeness (QED) is 0.494. The average molecular weight is 435 g/mol. The summed E-state index contributed by atoms with van der Waals surface area (Å²) in [6.07, 6.45) is 0.633. The minimum Gasteiger partial charge on any atom is -0.480 e. The van der Waals surface area contributed by atoms with Crippen molar-refractivity contribution < 1.29 is 25.3 Å². The van der Waals surface area contributed by atoms with Crippen molar-refractivity contribution in [3.8, 4) is 0 Å². The summed E-state index contributed by atoms with van der Waals surface area (Å²) in [4.78, 5) is 33.8. The summed E-state index contributed by atoms with van der Waals surface area (Å²) in [7, 11) is 6.11. The van der Waals surface area contributed by atoms with E-state index in [-0.39, 0.29) is 24.5 Å². The van der Waals surface area contributed by atoms with Crippen LogP contribution in [0.25, 0.3) is 0 Å². The van der Waals surface area contributed by atoms with Gasteiger partial charge in [0.25, 0.3) is 0 Å². The molecule has 0 aromatic rings. The highest BCUT2D eigenvalue weighted by Crippen LogP contribution is 2.03. The van der Waals surface area contributed by atoms with Crippen LogP contribution < -0.4 is 0 Å². The van der Waals surface area contributed by atoms with E-state index in [9.17, 15) is 9.59 Å². The maximum Gasteiger partial charge on any atom is 0.317 e. The van der Waals surface area contributed by atoms with Gasteiger partial charge in [0.2, 0.25) is 5.91 Å². The first-order valence-electron chi connectivity index (χ1n) is 10.4. The van der Waals surface area contributed by atoms with Crippen molar-refractivity contribution in [3.05, 3.63) is 0 Å². The summed E-state index contributed by atoms with van der Waals surface area (Å²) in [5, 5.41) is 17.0. The van der Waals surface area contributed by atoms with Crippen LogP contribution in [0, 0.1) is 0 Å². The molecule has 3 saturated heterocycles. The van der Waals surface area contributed by atoms with E-state index in [0.29, 0.717) is 6.42 Å². The predicted molar refractivity (Wildman–Crippen MR) is 116 cm³/mol. The number of aliphatic hydroxyl groups is 1. The Morgan fingerprint density at radius 1 is 0.800 bits per heavy atom. The van der Waals surface area contributed by atoms with Crippen LogP contribution in [0.2, 0.25) is 0 Å². The maximum atomic E-state index is 11.1. The molecule has 3 rings (SSSR count). The Kier molecular flexibility index (Phi) is 14.8. The smallest absolute Gasteiger partial charge is 0.317 e. The number of hydrogen-bond donors (Lipinski definition) is 2. The summed E-state index contributed by atoms with van der Waals surface area (Å²) >= 11 is 0. The van der Waals surface area contributed by atoms with Gasteiger partial charge in [0.15, 0.2) is 0 Å². The molecule has 11 nitrogen and oxygen atoms in total. The molecule has 3 aliphatic rings. The summed E-state index contributed by atoms with van der Waals surface area (Å²) in [5.74, 6) is -0.473. The van der Waals surface area contributed by atoms with Crippen LogP contribution in [0.5, 0.6) is 0 Å². The maximum absolute atomic E-state index is 11.1. The molecule has 0 radical (unpaired) electrons. The van der Waals surface area contributed by atoms with E-state index in [1.54, 1.807) is 0 Å². The second-order valence-corrected chi connectivity index (χ2v) is 7.96. The number of amides is 1. The topological polar surface area (TPSA) is 126 Å². The van der Waals surface area contributed by atoms with Crippen molar-refractivity contribution in [2.45, 2.75) is 13.3 Å². The second kappa shape index (κ2) is 15.5. The molecule has 1 amide bonds. The monoisotopic (exact) mass is 434 g/mol. The standard InChI is InChI=1S/C7H14N2O.C6H12N2O2.C6H14N2O.H2O/c1-3-7(10)9-5-4-8(2)6-9;1-7-2-3-8(5-7)4-6(9)10;1-7-2-3-8(6-7)4-5-9;/h3-6H2,1-2H3;2-5H2,1H3,(H,9,10);9H,2-6H2,1H3;1H2. The van der Waals surface area contributed by atoms with Crippen LogP contribution in [0.4, 0.5) is 0 Å². The summed E-state index contributed by atoms with van der Waals surface area (Å²) in [6, 6.07) is 0. The van der Waals surface area contributed by atoms with E-state index in [1.807, 2.05) is 30.8 Å². The van der Waals surface area contributed by atoms with Gasteiger partial charge in [0.05, 0.1) is 33.2 Å². The van der Waals surface area contributed by atoms with E-state index in [0.717, 1.165) is 65.8 Å². The summed E-state index contributed by atoms with van der Waals surface area (Å²) < 4.78 is 0. The van der Waals surface area contributed by atoms with Gasteiger partial charge in [-0.25, -0.2) is 0 Å². The van der Waals surface area contributed by atoms with E-state index in [2.05, 4.69) is 26.6 Å². The van der Waals surface area contributed by atoms with Crippen molar-refractivity contribution >= 4 is 11.9 Å². The molecule has 3 fully saturated rings. The van der Waals surface area contributed by atoms with Crippen LogP contribution in [0.1, 0.15) is 13.3 Å². The Bertz CT molecular complexity index is 496. The van der Waals surface area contributed by atoms with Gasteiger partial charge in [-0.2, -0.15) is 0 Å². The number of aliphatic hydroxyl groups excluding tert-OH is 1. The fourth-order valence-corrected chi connectivity index (χ4v) is 3.39. The largest absolute Gasteiger partial charge is 0.480 e. The normalized spacial score (nSPS) is 20.9. The van der Waals surface area contributed by atoms with E-state index < -0.39 is 5.97 Å². The first kappa shape index (κ1) is 28.7. The fourth-order valence-electron chi connectivity index (χ4n) is 3.39. The van der Waals surface area contributed by atoms with Crippen LogP contribution in [0.15, 0.2) is 0 Å². The molecule has 178 valence electrons. The lowest BCUT2D eigenvalue weighted by molar-refractivity contribution is -0.138. The number of carboxylic acids is 1. The van der Waals surface area contributed by atoms with Gasteiger partial charge in [-0.3, -0.25) is 34.1 Å². The lowest BCUT2D eigenvalue weighted by Gasteiger charge is -2.13. The molecule has 0 atom stereocenters. The first-order chi connectivity index (χ1) is 13.7. The number of likely N-dealkylation sites (N-methyl/N-ethyl adjacent to an activating group) is 3. The highest BCUT2D eigenvalue weighted by Gasteiger charge is 2.19. The Hall–Kier alpha value is -1.34. The van der Waals surface area contributed by atoms with Crippen LogP contribution in [0.3, 0.4) is 0 Å². The number of β-amino-alcohol motifs (C(OH)–C–C–N with tert-alkyl or cyclic N) is 1. The molecular formula is C19H42N6O5. The van der Waals surface area contributed by atoms with Crippen molar-refractivity contribution in [2.24, 2.45) is 0 Å². The van der Waals surface area contributed by atoms with Crippen LogP contribution >= 0.6 is 0 Å². The zero-order valence-corrected chi connectivity index (χ0v) is 19.1. The number of aliphatic carboxylic acids is 1. The van der Waals surface area contributed by atoms with E-state index in [1.165, 1.54) is 0 Å². The predicted octanol–water partition coefficient (Wildman–Crippen LogP) is -2.24. The Morgan fingerprint density at radius 2 is 1.30 bits per heavy atom. The zero-order valence-electron chi connectivity index (χ0n) is 19.1. The molecule has 0 aromatic heterocycles. The molecule has 0 spiro atoms. The first-order valence-corrected chi connectivity index (χ1v) is 10.4. The van der Waals surface area contributed by atoms with Crippen molar-refractivity contribution in [1.82, 2.24) is 29.4 Å². The molecule has 30 heavy (non-hydrogen) atoms. The Morgan fingerprint density at radius 3 is 1.67 bits per heavy atom. The highest BCUT2D eigenvalue weighted by molar-refractivity contribution is 5.75. The minimum absolute atomic E-state index is 0.